The lowest BCUT2D eigenvalue weighted by Gasteiger charge is -2.39. The van der Waals surface area contributed by atoms with Gasteiger partial charge in [0.2, 0.25) is 5.16 Å². The van der Waals surface area contributed by atoms with Crippen molar-refractivity contribution < 1.29 is 24.1 Å². The monoisotopic (exact) mass is 555 g/mol. The van der Waals surface area contributed by atoms with Crippen molar-refractivity contribution in [1.82, 2.24) is 9.88 Å². The molecule has 0 spiro atoms. The van der Waals surface area contributed by atoms with Crippen LogP contribution in [-0.4, -0.2) is 69.6 Å². The number of quaternary nitrogens is 1. The van der Waals surface area contributed by atoms with E-state index >= 15 is 0 Å². The van der Waals surface area contributed by atoms with Gasteiger partial charge in [-0.3, -0.25) is 19.4 Å². The molecule has 194 valence electrons. The Morgan fingerprint density at radius 1 is 1.08 bits per heavy atom. The number of halogens is 3. The summed E-state index contributed by atoms with van der Waals surface area (Å²) in [5.41, 5.74) is -0.445. The minimum atomic E-state index is -0.797. The van der Waals surface area contributed by atoms with Gasteiger partial charge in [-0.2, -0.15) is 4.59 Å². The zero-order chi connectivity index (χ0) is 26.5. The highest BCUT2D eigenvalue weighted by Crippen LogP contribution is 2.47. The van der Waals surface area contributed by atoms with Crippen LogP contribution >= 0.6 is 34.8 Å². The Morgan fingerprint density at radius 2 is 1.67 bits per heavy atom. The predicted molar refractivity (Wildman–Crippen MR) is 138 cm³/mol. The lowest BCUT2D eigenvalue weighted by Crippen LogP contribution is -2.49. The number of hydrogen-bond acceptors (Lipinski definition) is 5. The van der Waals surface area contributed by atoms with Crippen LogP contribution in [0.4, 0.5) is 0 Å². The molecule has 0 radical (unpaired) electrons. The lowest BCUT2D eigenvalue weighted by molar-refractivity contribution is -0.897. The highest BCUT2D eigenvalue weighted by molar-refractivity contribution is 6.40. The number of aliphatic carboxylic acids is 1. The van der Waals surface area contributed by atoms with Crippen LogP contribution in [-0.2, 0) is 9.59 Å². The molecule has 1 aliphatic heterocycles. The van der Waals surface area contributed by atoms with Crippen LogP contribution in [0.25, 0.3) is 0 Å². The molecule has 1 unspecified atom stereocenters. The van der Waals surface area contributed by atoms with E-state index in [1.165, 1.54) is 23.5 Å². The molecule has 1 atom stereocenters. The number of pyridine rings is 1. The number of aromatic nitrogens is 1. The molecule has 0 saturated heterocycles. The first-order chi connectivity index (χ1) is 16.8. The minimum Gasteiger partial charge on any atom is -0.481 e. The van der Waals surface area contributed by atoms with Crippen LogP contribution in [0.5, 0.6) is 0 Å². The Kier molecular flexibility index (Phi) is 7.29. The van der Waals surface area contributed by atoms with Crippen molar-refractivity contribution >= 4 is 58.7 Å². The van der Waals surface area contributed by atoms with E-state index in [2.05, 4.69) is 17.0 Å². The summed E-state index contributed by atoms with van der Waals surface area (Å²) in [6.07, 6.45) is 8.35. The van der Waals surface area contributed by atoms with Gasteiger partial charge in [0.25, 0.3) is 5.91 Å². The molecule has 1 aromatic rings. The fourth-order valence-electron chi connectivity index (χ4n) is 5.01. The molecule has 0 bridgehead atoms. The summed E-state index contributed by atoms with van der Waals surface area (Å²) < 4.78 is -0.000602. The van der Waals surface area contributed by atoms with Crippen LogP contribution in [0.3, 0.4) is 0 Å². The van der Waals surface area contributed by atoms with Gasteiger partial charge in [0.15, 0.2) is 5.78 Å². The summed E-state index contributed by atoms with van der Waals surface area (Å²) in [5, 5.41) is 14.7. The molecule has 4 rings (SSSR count). The maximum atomic E-state index is 13.7. The normalized spacial score (nSPS) is 28.8. The van der Waals surface area contributed by atoms with Crippen molar-refractivity contribution in [1.29, 1.82) is 0 Å². The summed E-state index contributed by atoms with van der Waals surface area (Å²) in [7, 11) is 1.83. The smallest absolute Gasteiger partial charge is 0.309 e. The predicted octanol–water partition coefficient (Wildman–Crippen LogP) is 5.13. The number of carbonyl (C=O) groups is 3. The molecule has 2 heterocycles. The quantitative estimate of drug-likeness (QED) is 0.272. The molecule has 1 amide bonds. The average molecular weight is 557 g/mol. The van der Waals surface area contributed by atoms with Gasteiger partial charge in [0, 0.05) is 31.8 Å². The average Bonchev–Trinajstić information content (AvgIpc) is 3.46. The van der Waals surface area contributed by atoms with Crippen molar-refractivity contribution in [2.75, 3.05) is 20.1 Å². The molecular weight excluding hydrogens is 527 g/mol. The van der Waals surface area contributed by atoms with Gasteiger partial charge in [0.05, 0.1) is 34.6 Å². The summed E-state index contributed by atoms with van der Waals surface area (Å²) in [5.74, 6) is -1.55. The van der Waals surface area contributed by atoms with Crippen LogP contribution in [0, 0.1) is 10.8 Å². The fourth-order valence-corrected chi connectivity index (χ4v) is 5.90. The summed E-state index contributed by atoms with van der Waals surface area (Å²) in [4.78, 5) is 43.9. The number of amides is 1. The second-order valence-electron chi connectivity index (χ2n) is 10.9. The van der Waals surface area contributed by atoms with E-state index < -0.39 is 11.4 Å². The van der Waals surface area contributed by atoms with Crippen LogP contribution in [0.15, 0.2) is 28.2 Å². The first-order valence-corrected chi connectivity index (χ1v) is 13.1. The molecule has 3 aliphatic rings. The molecule has 1 N–H and O–H groups in total. The largest absolute Gasteiger partial charge is 0.481 e. The van der Waals surface area contributed by atoms with Crippen molar-refractivity contribution in [2.24, 2.45) is 15.9 Å². The van der Waals surface area contributed by atoms with Gasteiger partial charge < -0.3 is 10.0 Å². The highest BCUT2D eigenvalue weighted by Gasteiger charge is 2.50. The van der Waals surface area contributed by atoms with E-state index in [4.69, 9.17) is 34.8 Å². The summed E-state index contributed by atoms with van der Waals surface area (Å²) in [6, 6.07) is -0.0445. The second-order valence-corrected chi connectivity index (χ2v) is 12.1. The standard InChI is InChI=1S/C25H29Cl3N4O4/c1-24(8-9-24)14-31(13-19(33)20-17(26)11-29-12-18(20)27)22(34)16-10-30-32(3,21(16)28)15-4-6-25(2,7-5-15)23(35)36/h10-12,15H,4-9,13-14H2,1-3H3/p+1. The number of Topliss-reactive ketones (excluding diaryl/α,β-unsaturated/α-hetero) is 1. The third-order valence-corrected chi connectivity index (χ3v) is 9.11. The highest BCUT2D eigenvalue weighted by atomic mass is 35.5. The zero-order valence-corrected chi connectivity index (χ0v) is 22.8. The number of ketones is 1. The van der Waals surface area contributed by atoms with E-state index in [1.807, 2.05) is 7.05 Å². The van der Waals surface area contributed by atoms with E-state index in [9.17, 15) is 19.5 Å². The Hall–Kier alpha value is -2.00. The number of nitrogens with zero attached hydrogens (tertiary/aromatic N) is 4. The number of carbonyl (C=O) groups excluding carboxylic acids is 2. The van der Waals surface area contributed by atoms with Gasteiger partial charge in [-0.05, 0) is 49.6 Å². The van der Waals surface area contributed by atoms with E-state index in [1.54, 1.807) is 6.92 Å². The van der Waals surface area contributed by atoms with Gasteiger partial charge >= 0.3 is 5.97 Å². The maximum Gasteiger partial charge on any atom is 0.309 e. The van der Waals surface area contributed by atoms with Gasteiger partial charge in [0.1, 0.15) is 17.8 Å². The summed E-state index contributed by atoms with van der Waals surface area (Å²) in [6.45, 7) is 4.03. The minimum absolute atomic E-state index is 0.000602. The Labute approximate surface area is 225 Å². The first kappa shape index (κ1) is 27.0. The number of carboxylic acids is 1. The molecule has 2 fully saturated rings. The zero-order valence-electron chi connectivity index (χ0n) is 20.6. The number of carboxylic acid groups (broad SMARTS) is 1. The van der Waals surface area contributed by atoms with Crippen molar-refractivity contribution in [2.45, 2.75) is 58.4 Å². The summed E-state index contributed by atoms with van der Waals surface area (Å²) >= 11 is 19.2. The van der Waals surface area contributed by atoms with Crippen molar-refractivity contribution in [3.8, 4) is 0 Å². The third kappa shape index (κ3) is 5.05. The molecular formula is C25H30Cl3N4O4+. The SMILES string of the molecule is CC1(CN(CC(=O)c2c(Cl)cncc2Cl)C(=O)C2=C(Cl)[N+](C)(C3CCC(C)(C(=O)O)CC3)N=C2)CC1. The topological polar surface area (TPSA) is 99.9 Å². The molecule has 8 nitrogen and oxygen atoms in total. The van der Waals surface area contributed by atoms with Gasteiger partial charge in [-0.1, -0.05) is 35.2 Å². The number of rotatable bonds is 8. The van der Waals surface area contributed by atoms with Gasteiger partial charge in [-0.15, -0.1) is 0 Å². The fraction of sp³-hybridized carbons (Fsp3) is 0.560. The van der Waals surface area contributed by atoms with Crippen LogP contribution < -0.4 is 0 Å². The molecule has 2 saturated carbocycles. The molecule has 36 heavy (non-hydrogen) atoms. The van der Waals surface area contributed by atoms with Crippen LogP contribution in [0.1, 0.15) is 62.7 Å². The lowest BCUT2D eigenvalue weighted by atomic mass is 9.73. The van der Waals surface area contributed by atoms with E-state index in [-0.39, 0.29) is 60.6 Å². The van der Waals surface area contributed by atoms with E-state index in [0.717, 1.165) is 12.8 Å². The van der Waals surface area contributed by atoms with E-state index in [0.29, 0.717) is 32.2 Å². The first-order valence-electron chi connectivity index (χ1n) is 12.0. The maximum absolute atomic E-state index is 13.7. The van der Waals surface area contributed by atoms with Crippen molar-refractivity contribution in [3.63, 3.8) is 0 Å². The van der Waals surface area contributed by atoms with Crippen molar-refractivity contribution in [3.05, 3.63) is 38.7 Å². The Bertz CT molecular complexity index is 1150. The Morgan fingerprint density at radius 3 is 2.19 bits per heavy atom. The second kappa shape index (κ2) is 9.71. The van der Waals surface area contributed by atoms with Crippen LogP contribution in [0.2, 0.25) is 10.0 Å². The number of hydrogen-bond donors (Lipinski definition) is 1. The third-order valence-electron chi connectivity index (χ3n) is 7.99. The Balaban J connectivity index is 1.57. The molecule has 1 aromatic heterocycles. The molecule has 0 aromatic carbocycles. The van der Waals surface area contributed by atoms with Gasteiger partial charge in [-0.25, -0.2) is 0 Å². The molecule has 11 heteroatoms. The molecule has 2 aliphatic carbocycles.